The minimum Gasteiger partial charge on any atom is -0.416 e. The van der Waals surface area contributed by atoms with Crippen molar-refractivity contribution in [1.29, 1.82) is 0 Å². The van der Waals surface area contributed by atoms with Gasteiger partial charge < -0.3 is 4.74 Å². The maximum absolute atomic E-state index is 12.0. The lowest BCUT2D eigenvalue weighted by atomic mass is 10.2. The fraction of sp³-hybridized carbons (Fsp3) is 0.308. The van der Waals surface area contributed by atoms with Gasteiger partial charge in [-0.2, -0.15) is 8.42 Å². The lowest BCUT2D eigenvalue weighted by Gasteiger charge is -2.10. The van der Waals surface area contributed by atoms with Crippen molar-refractivity contribution in [2.45, 2.75) is 18.1 Å². The van der Waals surface area contributed by atoms with E-state index in [9.17, 15) is 13.2 Å². The van der Waals surface area contributed by atoms with Gasteiger partial charge in [0.2, 0.25) is 6.29 Å². The second-order valence-electron chi connectivity index (χ2n) is 4.37. The molecule has 1 atom stereocenters. The van der Waals surface area contributed by atoms with Crippen LogP contribution in [0.1, 0.15) is 5.56 Å². The number of carbonyl (C=O) groups is 1. The summed E-state index contributed by atoms with van der Waals surface area (Å²) in [5.41, 5.74) is 0.938. The molecule has 1 saturated heterocycles. The van der Waals surface area contributed by atoms with Gasteiger partial charge in [-0.25, -0.2) is 8.98 Å². The fourth-order valence-corrected chi connectivity index (χ4v) is 2.70. The molecule has 1 heterocycles. The molecular formula is C13H15NO5S. The molecule has 0 bridgehead atoms. The predicted octanol–water partition coefficient (Wildman–Crippen LogP) is 1.66. The number of hydrogen-bond donors (Lipinski definition) is 0. The van der Waals surface area contributed by atoms with Crippen LogP contribution in [0.3, 0.4) is 0 Å². The third-order valence-electron chi connectivity index (χ3n) is 2.75. The van der Waals surface area contributed by atoms with Crippen molar-refractivity contribution >= 4 is 16.2 Å². The number of hydrogen-bond acceptors (Lipinski definition) is 5. The van der Waals surface area contributed by atoms with Crippen LogP contribution in [0.15, 0.2) is 41.8 Å². The molecule has 0 N–H and O–H groups in total. The Morgan fingerprint density at radius 1 is 1.45 bits per heavy atom. The molecule has 0 radical (unpaired) electrons. The van der Waals surface area contributed by atoms with E-state index in [4.69, 9.17) is 8.92 Å². The van der Waals surface area contributed by atoms with Crippen molar-refractivity contribution in [2.24, 2.45) is 0 Å². The second-order valence-corrected chi connectivity index (χ2v) is 5.94. The molecular weight excluding hydrogens is 282 g/mol. The quantitative estimate of drug-likeness (QED) is 0.610. The van der Waals surface area contributed by atoms with E-state index in [1.807, 2.05) is 6.92 Å². The first-order valence-corrected chi connectivity index (χ1v) is 7.39. The lowest BCUT2D eigenvalue weighted by molar-refractivity contribution is 0.0106. The van der Waals surface area contributed by atoms with Crippen LogP contribution < -0.4 is 0 Å². The molecule has 6 nitrogen and oxygen atoms in total. The van der Waals surface area contributed by atoms with Gasteiger partial charge in [-0.3, -0.25) is 4.90 Å². The summed E-state index contributed by atoms with van der Waals surface area (Å²) in [5.74, 6) is 0. The van der Waals surface area contributed by atoms with Crippen molar-refractivity contribution in [3.63, 3.8) is 0 Å². The number of cyclic esters (lactones) is 1. The summed E-state index contributed by atoms with van der Waals surface area (Å²) in [6.45, 7) is 5.69. The minimum atomic E-state index is -3.95. The first kappa shape index (κ1) is 14.5. The Balaban J connectivity index is 2.08. The predicted molar refractivity (Wildman–Crippen MR) is 71.5 cm³/mol. The maximum Gasteiger partial charge on any atom is 0.412 e. The molecule has 0 saturated carbocycles. The number of ether oxygens (including phenoxy) is 1. The van der Waals surface area contributed by atoms with E-state index >= 15 is 0 Å². The van der Waals surface area contributed by atoms with Gasteiger partial charge in [0.25, 0.3) is 10.1 Å². The Kier molecular flexibility index (Phi) is 4.10. The topological polar surface area (TPSA) is 72.9 Å². The van der Waals surface area contributed by atoms with Crippen molar-refractivity contribution in [3.05, 3.63) is 42.5 Å². The molecule has 1 aliphatic rings. The number of benzene rings is 1. The molecule has 1 aromatic rings. The molecule has 0 aromatic heterocycles. The van der Waals surface area contributed by atoms with Gasteiger partial charge in [0.05, 0.1) is 11.4 Å². The van der Waals surface area contributed by atoms with Crippen molar-refractivity contribution in [2.75, 3.05) is 13.1 Å². The zero-order chi connectivity index (χ0) is 14.8. The van der Waals surface area contributed by atoms with E-state index in [1.54, 1.807) is 12.1 Å². The molecule has 1 aromatic carbocycles. The van der Waals surface area contributed by atoms with Gasteiger partial charge in [0, 0.05) is 6.54 Å². The van der Waals surface area contributed by atoms with Gasteiger partial charge in [-0.1, -0.05) is 23.8 Å². The van der Waals surface area contributed by atoms with Crippen LogP contribution >= 0.6 is 0 Å². The fourth-order valence-electron chi connectivity index (χ4n) is 1.74. The van der Waals surface area contributed by atoms with E-state index < -0.39 is 22.5 Å². The average molecular weight is 297 g/mol. The minimum absolute atomic E-state index is 0.0290. The van der Waals surface area contributed by atoms with E-state index in [2.05, 4.69) is 6.58 Å². The summed E-state index contributed by atoms with van der Waals surface area (Å²) >= 11 is 0. The summed E-state index contributed by atoms with van der Waals surface area (Å²) in [7, 11) is -3.95. The normalized spacial score (nSPS) is 18.9. The lowest BCUT2D eigenvalue weighted by Crippen LogP contribution is -2.26. The molecule has 0 aliphatic carbocycles. The molecule has 7 heteroatoms. The first-order valence-electron chi connectivity index (χ1n) is 5.99. The third-order valence-corrected chi connectivity index (χ3v) is 4.07. The molecule has 20 heavy (non-hydrogen) atoms. The van der Waals surface area contributed by atoms with E-state index in [1.165, 1.54) is 23.1 Å². The Morgan fingerprint density at radius 2 is 2.10 bits per heavy atom. The van der Waals surface area contributed by atoms with Crippen molar-refractivity contribution < 1.29 is 22.1 Å². The van der Waals surface area contributed by atoms with E-state index in [-0.39, 0.29) is 18.0 Å². The van der Waals surface area contributed by atoms with Gasteiger partial charge in [-0.15, -0.1) is 6.58 Å². The molecule has 108 valence electrons. The SMILES string of the molecule is C=CCN1C[C@@H](OS(=O)(=O)c2ccc(C)cc2)OC1=O. The third kappa shape index (κ3) is 3.17. The number of aryl methyl sites for hydroxylation is 1. The summed E-state index contributed by atoms with van der Waals surface area (Å²) in [4.78, 5) is 12.8. The Bertz CT molecular complexity index is 608. The van der Waals surface area contributed by atoms with Crippen LogP contribution in [0.5, 0.6) is 0 Å². The highest BCUT2D eigenvalue weighted by Crippen LogP contribution is 2.19. The van der Waals surface area contributed by atoms with Crippen LogP contribution in [0.25, 0.3) is 0 Å². The largest absolute Gasteiger partial charge is 0.416 e. The Morgan fingerprint density at radius 3 is 2.70 bits per heavy atom. The standard InChI is InChI=1S/C13H15NO5S/c1-3-8-14-9-12(18-13(14)15)19-20(16,17)11-6-4-10(2)5-7-11/h3-7,12H,1,8-9H2,2H3/t12-/m1/s1. The maximum atomic E-state index is 12.0. The highest BCUT2D eigenvalue weighted by molar-refractivity contribution is 7.86. The van der Waals surface area contributed by atoms with Crippen molar-refractivity contribution in [3.8, 4) is 0 Å². The number of carbonyl (C=O) groups excluding carboxylic acids is 1. The highest BCUT2D eigenvalue weighted by Gasteiger charge is 2.35. The number of rotatable bonds is 5. The molecule has 1 fully saturated rings. The summed E-state index contributed by atoms with van der Waals surface area (Å²) in [6.07, 6.45) is -0.222. The molecule has 0 spiro atoms. The van der Waals surface area contributed by atoms with Crippen LogP contribution in [0, 0.1) is 6.92 Å². The highest BCUT2D eigenvalue weighted by atomic mass is 32.2. The van der Waals surface area contributed by atoms with Gasteiger partial charge in [-0.05, 0) is 19.1 Å². The van der Waals surface area contributed by atoms with Crippen LogP contribution in [-0.4, -0.2) is 38.8 Å². The Hall–Kier alpha value is -1.86. The smallest absolute Gasteiger partial charge is 0.412 e. The van der Waals surface area contributed by atoms with Gasteiger partial charge >= 0.3 is 6.09 Å². The molecule has 0 unspecified atom stereocenters. The van der Waals surface area contributed by atoms with Crippen LogP contribution in [0.4, 0.5) is 4.79 Å². The second kappa shape index (κ2) is 5.64. The zero-order valence-electron chi connectivity index (χ0n) is 11.0. The molecule has 1 aliphatic heterocycles. The summed E-state index contributed by atoms with van der Waals surface area (Å²) < 4.78 is 33.8. The first-order chi connectivity index (χ1) is 9.42. The number of nitrogens with zero attached hydrogens (tertiary/aromatic N) is 1. The van der Waals surface area contributed by atoms with Crippen LogP contribution in [-0.2, 0) is 19.0 Å². The molecule has 1 amide bonds. The van der Waals surface area contributed by atoms with Gasteiger partial charge in [0.1, 0.15) is 0 Å². The van der Waals surface area contributed by atoms with Gasteiger partial charge in [0.15, 0.2) is 0 Å². The number of amides is 1. The summed E-state index contributed by atoms with van der Waals surface area (Å²) in [5, 5.41) is 0. The van der Waals surface area contributed by atoms with E-state index in [0.29, 0.717) is 0 Å². The zero-order valence-corrected chi connectivity index (χ0v) is 11.8. The van der Waals surface area contributed by atoms with Crippen molar-refractivity contribution in [1.82, 2.24) is 4.90 Å². The monoisotopic (exact) mass is 297 g/mol. The van der Waals surface area contributed by atoms with Crippen LogP contribution in [0.2, 0.25) is 0 Å². The average Bonchev–Trinajstić information content (AvgIpc) is 2.70. The Labute approximate surface area is 117 Å². The van der Waals surface area contributed by atoms with E-state index in [0.717, 1.165) is 5.56 Å². The molecule has 2 rings (SSSR count). The summed E-state index contributed by atoms with van der Waals surface area (Å²) in [6, 6.07) is 6.23.